The summed E-state index contributed by atoms with van der Waals surface area (Å²) in [6, 6.07) is 11.8. The normalized spacial score (nSPS) is 14.4. The molecule has 0 radical (unpaired) electrons. The molecule has 1 saturated heterocycles. The summed E-state index contributed by atoms with van der Waals surface area (Å²) in [5, 5.41) is 11.7. The number of halogens is 1. The molecule has 0 atom stereocenters. The van der Waals surface area contributed by atoms with E-state index >= 15 is 0 Å². The second-order valence-corrected chi connectivity index (χ2v) is 8.47. The fourth-order valence-corrected chi connectivity index (χ4v) is 4.35. The van der Waals surface area contributed by atoms with Crippen LogP contribution < -0.4 is 10.2 Å². The van der Waals surface area contributed by atoms with Crippen LogP contribution in [0.15, 0.2) is 48.0 Å². The summed E-state index contributed by atoms with van der Waals surface area (Å²) in [7, 11) is 0. The molecule has 0 aliphatic carbocycles. The number of hydrogen-bond donors (Lipinski definition) is 1. The Morgan fingerprint density at radius 3 is 2.70 bits per heavy atom. The van der Waals surface area contributed by atoms with Gasteiger partial charge in [0.05, 0.1) is 30.5 Å². The monoisotopic (exact) mass is 440 g/mol. The molecule has 0 amide bonds. The minimum atomic E-state index is 0.608. The van der Waals surface area contributed by atoms with E-state index in [0.717, 1.165) is 48.6 Å². The average molecular weight is 441 g/mol. The summed E-state index contributed by atoms with van der Waals surface area (Å²) >= 11 is 7.82. The Bertz CT molecular complexity index is 1120. The lowest BCUT2D eigenvalue weighted by molar-refractivity contribution is 0.122. The average Bonchev–Trinajstić information content (AvgIpc) is 3.45. The van der Waals surface area contributed by atoms with E-state index in [4.69, 9.17) is 26.3 Å². The van der Waals surface area contributed by atoms with Crippen LogP contribution in [0.25, 0.3) is 16.7 Å². The van der Waals surface area contributed by atoms with Crippen LogP contribution >= 0.6 is 22.9 Å². The number of nitrogens with one attached hydrogen (secondary N) is 1. The Labute approximate surface area is 183 Å². The Kier molecular flexibility index (Phi) is 5.52. The topological polar surface area (TPSA) is 68.1 Å². The number of anilines is 2. The maximum atomic E-state index is 6.06. The van der Waals surface area contributed by atoms with Crippen LogP contribution in [0.3, 0.4) is 0 Å². The SMILES string of the molecule is Clc1ccc(-n2ncc3c(N4CCOCC4)nc(NCCc4cccs4)nc32)cc1. The molecule has 7 nitrogen and oxygen atoms in total. The number of nitrogens with zero attached hydrogens (tertiary/aromatic N) is 5. The van der Waals surface area contributed by atoms with Gasteiger partial charge in [-0.2, -0.15) is 15.1 Å². The fraction of sp³-hybridized carbons (Fsp3) is 0.286. The third-order valence-corrected chi connectivity index (χ3v) is 6.21. The van der Waals surface area contributed by atoms with Crippen molar-refractivity contribution in [1.29, 1.82) is 0 Å². The smallest absolute Gasteiger partial charge is 0.226 e. The first-order chi connectivity index (χ1) is 14.8. The molecule has 1 aliphatic rings. The number of fused-ring (bicyclic) bond motifs is 1. The van der Waals surface area contributed by atoms with Crippen LogP contribution in [-0.2, 0) is 11.2 Å². The van der Waals surface area contributed by atoms with Crippen molar-refractivity contribution < 1.29 is 4.74 Å². The van der Waals surface area contributed by atoms with E-state index in [-0.39, 0.29) is 0 Å². The van der Waals surface area contributed by atoms with E-state index < -0.39 is 0 Å². The van der Waals surface area contributed by atoms with E-state index in [9.17, 15) is 0 Å². The van der Waals surface area contributed by atoms with E-state index in [1.165, 1.54) is 4.88 Å². The van der Waals surface area contributed by atoms with Gasteiger partial charge < -0.3 is 15.0 Å². The molecule has 9 heteroatoms. The van der Waals surface area contributed by atoms with Gasteiger partial charge in [-0.25, -0.2) is 4.68 Å². The van der Waals surface area contributed by atoms with Crippen LogP contribution in [0.1, 0.15) is 4.88 Å². The standard InChI is InChI=1S/C21H21ClN6OS/c22-15-3-5-16(6-4-15)28-20-18(14-24-28)19(27-9-11-29-12-10-27)25-21(26-20)23-8-7-17-2-1-13-30-17/h1-6,13-14H,7-12H2,(H,23,25,26). The van der Waals surface area contributed by atoms with Gasteiger partial charge in [0.2, 0.25) is 5.95 Å². The zero-order valence-corrected chi connectivity index (χ0v) is 17.9. The molecule has 154 valence electrons. The number of ether oxygens (including phenoxy) is 1. The van der Waals surface area contributed by atoms with Crippen LogP contribution in [0.5, 0.6) is 0 Å². The summed E-state index contributed by atoms with van der Waals surface area (Å²) in [6.45, 7) is 3.75. The molecule has 3 aromatic heterocycles. The van der Waals surface area contributed by atoms with Gasteiger partial charge in [0.15, 0.2) is 5.65 Å². The van der Waals surface area contributed by atoms with Crippen molar-refractivity contribution >= 4 is 45.7 Å². The Balaban J connectivity index is 1.51. The molecule has 4 aromatic rings. The highest BCUT2D eigenvalue weighted by molar-refractivity contribution is 7.09. The molecule has 1 N–H and O–H groups in total. The zero-order valence-electron chi connectivity index (χ0n) is 16.3. The highest BCUT2D eigenvalue weighted by atomic mass is 35.5. The zero-order chi connectivity index (χ0) is 20.3. The van der Waals surface area contributed by atoms with Gasteiger partial charge in [0.25, 0.3) is 0 Å². The molecule has 0 bridgehead atoms. The van der Waals surface area contributed by atoms with E-state index in [1.807, 2.05) is 35.1 Å². The van der Waals surface area contributed by atoms with Crippen molar-refractivity contribution in [3.63, 3.8) is 0 Å². The minimum absolute atomic E-state index is 0.608. The Morgan fingerprint density at radius 1 is 1.10 bits per heavy atom. The first-order valence-electron chi connectivity index (χ1n) is 9.88. The van der Waals surface area contributed by atoms with E-state index in [2.05, 4.69) is 32.8 Å². The van der Waals surface area contributed by atoms with Crippen LogP contribution in [0.2, 0.25) is 5.02 Å². The number of morpholine rings is 1. The molecule has 1 fully saturated rings. The van der Waals surface area contributed by atoms with Gasteiger partial charge in [0, 0.05) is 29.5 Å². The van der Waals surface area contributed by atoms with Crippen LogP contribution in [-0.4, -0.2) is 52.6 Å². The molecule has 1 aromatic carbocycles. The number of benzene rings is 1. The Morgan fingerprint density at radius 2 is 1.93 bits per heavy atom. The van der Waals surface area contributed by atoms with Crippen molar-refractivity contribution in [3.8, 4) is 5.69 Å². The molecule has 1 aliphatic heterocycles. The molecule has 0 saturated carbocycles. The lowest BCUT2D eigenvalue weighted by Gasteiger charge is -2.28. The summed E-state index contributed by atoms with van der Waals surface area (Å²) in [5.41, 5.74) is 1.68. The lowest BCUT2D eigenvalue weighted by Crippen LogP contribution is -2.37. The largest absolute Gasteiger partial charge is 0.378 e. The molecule has 0 spiro atoms. The van der Waals surface area contributed by atoms with Gasteiger partial charge in [-0.05, 0) is 42.1 Å². The number of aromatic nitrogens is 4. The number of hydrogen-bond acceptors (Lipinski definition) is 7. The number of rotatable bonds is 6. The van der Waals surface area contributed by atoms with Gasteiger partial charge in [-0.1, -0.05) is 17.7 Å². The predicted octanol–water partition coefficient (Wildman–Crippen LogP) is 4.02. The first kappa shape index (κ1) is 19.3. The van der Waals surface area contributed by atoms with Crippen molar-refractivity contribution in [1.82, 2.24) is 19.7 Å². The highest BCUT2D eigenvalue weighted by Gasteiger charge is 2.20. The van der Waals surface area contributed by atoms with Crippen molar-refractivity contribution in [2.75, 3.05) is 43.1 Å². The minimum Gasteiger partial charge on any atom is -0.378 e. The molecule has 4 heterocycles. The Hall–Kier alpha value is -2.68. The van der Waals surface area contributed by atoms with Crippen molar-refractivity contribution in [3.05, 3.63) is 57.9 Å². The molecule has 30 heavy (non-hydrogen) atoms. The third kappa shape index (κ3) is 3.98. The van der Waals surface area contributed by atoms with E-state index in [1.54, 1.807) is 11.3 Å². The quantitative estimate of drug-likeness (QED) is 0.488. The summed E-state index contributed by atoms with van der Waals surface area (Å²) in [6.07, 6.45) is 2.77. The lowest BCUT2D eigenvalue weighted by atomic mass is 10.3. The van der Waals surface area contributed by atoms with Crippen molar-refractivity contribution in [2.24, 2.45) is 0 Å². The van der Waals surface area contributed by atoms with Crippen molar-refractivity contribution in [2.45, 2.75) is 6.42 Å². The molecular weight excluding hydrogens is 420 g/mol. The highest BCUT2D eigenvalue weighted by Crippen LogP contribution is 2.28. The second kappa shape index (κ2) is 8.59. The molecule has 5 rings (SSSR count). The molecule has 0 unspecified atom stereocenters. The number of thiophene rings is 1. The molecular formula is C21H21ClN6OS. The van der Waals surface area contributed by atoms with Crippen LogP contribution in [0.4, 0.5) is 11.8 Å². The van der Waals surface area contributed by atoms with Gasteiger partial charge >= 0.3 is 0 Å². The predicted molar refractivity (Wildman–Crippen MR) is 121 cm³/mol. The second-order valence-electron chi connectivity index (χ2n) is 7.00. The van der Waals surface area contributed by atoms with E-state index in [0.29, 0.717) is 24.2 Å². The fourth-order valence-electron chi connectivity index (χ4n) is 3.51. The van der Waals surface area contributed by atoms with Crippen LogP contribution in [0, 0.1) is 0 Å². The van der Waals surface area contributed by atoms with Gasteiger partial charge in [0.1, 0.15) is 5.82 Å². The summed E-state index contributed by atoms with van der Waals surface area (Å²) < 4.78 is 7.36. The first-order valence-corrected chi connectivity index (χ1v) is 11.1. The summed E-state index contributed by atoms with van der Waals surface area (Å²) in [5.74, 6) is 1.50. The summed E-state index contributed by atoms with van der Waals surface area (Å²) in [4.78, 5) is 13.2. The maximum absolute atomic E-state index is 6.06. The van der Waals surface area contributed by atoms with Gasteiger partial charge in [-0.15, -0.1) is 11.3 Å². The van der Waals surface area contributed by atoms with Gasteiger partial charge in [-0.3, -0.25) is 0 Å². The maximum Gasteiger partial charge on any atom is 0.226 e. The third-order valence-electron chi connectivity index (χ3n) is 5.02.